The Labute approximate surface area is 170 Å². The third-order valence-electron chi connectivity index (χ3n) is 4.59. The van der Waals surface area contributed by atoms with Crippen molar-refractivity contribution in [3.8, 4) is 22.8 Å². The van der Waals surface area contributed by atoms with Crippen molar-refractivity contribution in [3.63, 3.8) is 0 Å². The van der Waals surface area contributed by atoms with Crippen molar-refractivity contribution in [2.45, 2.75) is 18.2 Å². The molecule has 4 aromatic rings. The molecule has 0 bridgehead atoms. The van der Waals surface area contributed by atoms with Crippen LogP contribution in [0.3, 0.4) is 0 Å². The Morgan fingerprint density at radius 2 is 1.55 bits per heavy atom. The number of nitrogens with one attached hydrogen (secondary N) is 1. The summed E-state index contributed by atoms with van der Waals surface area (Å²) < 4.78 is 33.7. The number of sulfonamides is 1. The summed E-state index contributed by atoms with van der Waals surface area (Å²) >= 11 is 0. The van der Waals surface area contributed by atoms with Crippen LogP contribution in [0.2, 0.25) is 0 Å². The van der Waals surface area contributed by atoms with E-state index in [4.69, 9.17) is 4.42 Å². The van der Waals surface area contributed by atoms with Crippen molar-refractivity contribution >= 4 is 15.7 Å². The molecule has 0 aliphatic carbocycles. The van der Waals surface area contributed by atoms with Crippen molar-refractivity contribution in [2.24, 2.45) is 0 Å². The SMILES string of the molecule is CCc1ccc(NS(=O)(=O)c2ccc(-c3ncc(-c4ccccc4)o3)cc2)cc1. The van der Waals surface area contributed by atoms with Gasteiger partial charge < -0.3 is 4.42 Å². The van der Waals surface area contributed by atoms with Crippen LogP contribution in [-0.2, 0) is 16.4 Å². The van der Waals surface area contributed by atoms with Crippen molar-refractivity contribution < 1.29 is 12.8 Å². The molecule has 4 rings (SSSR count). The Kier molecular flexibility index (Phi) is 5.18. The summed E-state index contributed by atoms with van der Waals surface area (Å²) in [7, 11) is -3.67. The van der Waals surface area contributed by atoms with E-state index in [1.54, 1.807) is 42.6 Å². The molecule has 0 aliphatic rings. The van der Waals surface area contributed by atoms with Crippen LogP contribution in [0.4, 0.5) is 5.69 Å². The molecule has 3 aromatic carbocycles. The van der Waals surface area contributed by atoms with Crippen LogP contribution in [0.25, 0.3) is 22.8 Å². The highest BCUT2D eigenvalue weighted by Crippen LogP contribution is 2.27. The van der Waals surface area contributed by atoms with Crippen LogP contribution in [0.5, 0.6) is 0 Å². The number of aryl methyl sites for hydroxylation is 1. The summed E-state index contributed by atoms with van der Waals surface area (Å²) in [6.07, 6.45) is 2.57. The molecule has 0 fully saturated rings. The molecule has 0 aliphatic heterocycles. The van der Waals surface area contributed by atoms with Crippen molar-refractivity contribution in [3.05, 3.63) is 90.6 Å². The molecular weight excluding hydrogens is 384 g/mol. The highest BCUT2D eigenvalue weighted by atomic mass is 32.2. The molecule has 0 unspecified atom stereocenters. The highest BCUT2D eigenvalue weighted by molar-refractivity contribution is 7.92. The van der Waals surface area contributed by atoms with E-state index in [9.17, 15) is 8.42 Å². The molecule has 0 atom stereocenters. The Balaban J connectivity index is 1.53. The summed E-state index contributed by atoms with van der Waals surface area (Å²) in [5, 5.41) is 0. The molecule has 0 saturated carbocycles. The lowest BCUT2D eigenvalue weighted by Crippen LogP contribution is -2.12. The first-order chi connectivity index (χ1) is 14.0. The van der Waals surface area contributed by atoms with Crippen LogP contribution >= 0.6 is 0 Å². The summed E-state index contributed by atoms with van der Waals surface area (Å²) in [5.41, 5.74) is 3.33. The molecule has 0 saturated heterocycles. The number of rotatable bonds is 6. The van der Waals surface area contributed by atoms with Gasteiger partial charge in [-0.05, 0) is 48.4 Å². The van der Waals surface area contributed by atoms with Gasteiger partial charge in [0.05, 0.1) is 11.1 Å². The van der Waals surface area contributed by atoms with Crippen LogP contribution in [0, 0.1) is 0 Å². The number of benzene rings is 3. The van der Waals surface area contributed by atoms with Crippen LogP contribution in [0.15, 0.2) is 94.4 Å². The van der Waals surface area contributed by atoms with Gasteiger partial charge in [-0.15, -0.1) is 0 Å². The Bertz CT molecular complexity index is 1200. The maximum atomic E-state index is 12.6. The minimum Gasteiger partial charge on any atom is -0.436 e. The summed E-state index contributed by atoms with van der Waals surface area (Å²) in [6, 6.07) is 23.5. The number of aromatic nitrogens is 1. The predicted octanol–water partition coefficient (Wildman–Crippen LogP) is 5.37. The van der Waals surface area contributed by atoms with Gasteiger partial charge >= 0.3 is 0 Å². The van der Waals surface area contributed by atoms with Crippen molar-refractivity contribution in [2.75, 3.05) is 4.72 Å². The number of hydrogen-bond acceptors (Lipinski definition) is 4. The summed E-state index contributed by atoms with van der Waals surface area (Å²) in [5.74, 6) is 1.10. The fourth-order valence-corrected chi connectivity index (χ4v) is 4.00. The lowest BCUT2D eigenvalue weighted by molar-refractivity contribution is 0.588. The van der Waals surface area contributed by atoms with Gasteiger partial charge in [-0.1, -0.05) is 49.4 Å². The standard InChI is InChI=1S/C23H20N2O3S/c1-2-17-8-12-20(13-9-17)25-29(26,27)21-14-10-19(11-15-21)23-24-16-22(28-23)18-6-4-3-5-7-18/h3-16,25H,2H2,1H3. The summed E-state index contributed by atoms with van der Waals surface area (Å²) in [4.78, 5) is 4.48. The summed E-state index contributed by atoms with van der Waals surface area (Å²) in [6.45, 7) is 2.05. The van der Waals surface area contributed by atoms with Gasteiger partial charge in [0.25, 0.3) is 10.0 Å². The molecule has 5 nitrogen and oxygen atoms in total. The average molecular weight is 404 g/mol. The third kappa shape index (κ3) is 4.22. The van der Waals surface area contributed by atoms with E-state index in [2.05, 4.69) is 16.6 Å². The molecule has 146 valence electrons. The lowest BCUT2D eigenvalue weighted by atomic mass is 10.2. The smallest absolute Gasteiger partial charge is 0.261 e. The fraction of sp³-hybridized carbons (Fsp3) is 0.0870. The maximum absolute atomic E-state index is 12.6. The second-order valence-electron chi connectivity index (χ2n) is 6.58. The second kappa shape index (κ2) is 7.93. The van der Waals surface area contributed by atoms with Crippen LogP contribution in [0.1, 0.15) is 12.5 Å². The van der Waals surface area contributed by atoms with Gasteiger partial charge in [0.15, 0.2) is 5.76 Å². The average Bonchev–Trinajstić information content (AvgIpc) is 3.25. The predicted molar refractivity (Wildman–Crippen MR) is 114 cm³/mol. The molecule has 1 heterocycles. The third-order valence-corrected chi connectivity index (χ3v) is 5.99. The van der Waals surface area contributed by atoms with Gasteiger partial charge in [0, 0.05) is 16.8 Å². The molecule has 0 amide bonds. The Morgan fingerprint density at radius 1 is 0.862 bits per heavy atom. The van der Waals surface area contributed by atoms with Gasteiger partial charge in [0.1, 0.15) is 0 Å². The van der Waals surface area contributed by atoms with Gasteiger partial charge in [-0.3, -0.25) is 4.72 Å². The Morgan fingerprint density at radius 3 is 2.21 bits per heavy atom. The minimum absolute atomic E-state index is 0.177. The molecule has 1 aromatic heterocycles. The molecule has 0 radical (unpaired) electrons. The van der Waals surface area contributed by atoms with Crippen LogP contribution < -0.4 is 4.72 Å². The van der Waals surface area contributed by atoms with E-state index < -0.39 is 10.0 Å². The minimum atomic E-state index is -3.67. The first kappa shape index (κ1) is 19.0. The number of nitrogens with zero attached hydrogens (tertiary/aromatic N) is 1. The fourth-order valence-electron chi connectivity index (χ4n) is 2.94. The van der Waals surface area contributed by atoms with Gasteiger partial charge in [0.2, 0.25) is 5.89 Å². The van der Waals surface area contributed by atoms with Crippen molar-refractivity contribution in [1.82, 2.24) is 4.98 Å². The van der Waals surface area contributed by atoms with E-state index >= 15 is 0 Å². The van der Waals surface area contributed by atoms with E-state index in [-0.39, 0.29) is 4.90 Å². The van der Waals surface area contributed by atoms with Gasteiger partial charge in [-0.25, -0.2) is 13.4 Å². The molecule has 0 spiro atoms. The lowest BCUT2D eigenvalue weighted by Gasteiger charge is -2.09. The van der Waals surface area contributed by atoms with Crippen LogP contribution in [-0.4, -0.2) is 13.4 Å². The second-order valence-corrected chi connectivity index (χ2v) is 8.26. The van der Waals surface area contributed by atoms with Gasteiger partial charge in [-0.2, -0.15) is 0 Å². The Hall–Kier alpha value is -3.38. The monoisotopic (exact) mass is 404 g/mol. The normalized spacial score (nSPS) is 11.3. The molecule has 6 heteroatoms. The van der Waals surface area contributed by atoms with E-state index in [1.807, 2.05) is 42.5 Å². The zero-order valence-corrected chi connectivity index (χ0v) is 16.7. The first-order valence-electron chi connectivity index (χ1n) is 9.28. The molecular formula is C23H20N2O3S. The van der Waals surface area contributed by atoms with E-state index in [0.717, 1.165) is 17.5 Å². The first-order valence-corrected chi connectivity index (χ1v) is 10.8. The van der Waals surface area contributed by atoms with Crippen molar-refractivity contribution in [1.29, 1.82) is 0 Å². The zero-order valence-electron chi connectivity index (χ0n) is 15.9. The number of oxazole rings is 1. The zero-order chi connectivity index (χ0) is 20.3. The van der Waals surface area contributed by atoms with E-state index in [0.29, 0.717) is 22.9 Å². The van der Waals surface area contributed by atoms with E-state index in [1.165, 1.54) is 0 Å². The quantitative estimate of drug-likeness (QED) is 0.469. The highest BCUT2D eigenvalue weighted by Gasteiger charge is 2.15. The largest absolute Gasteiger partial charge is 0.436 e. The number of anilines is 1. The number of hydrogen-bond donors (Lipinski definition) is 1. The molecule has 1 N–H and O–H groups in total. The maximum Gasteiger partial charge on any atom is 0.261 e. The molecule has 29 heavy (non-hydrogen) atoms. The topological polar surface area (TPSA) is 72.2 Å².